The molecule has 0 aliphatic carbocycles. The average Bonchev–Trinajstić information content (AvgIpc) is 2.90. The summed E-state index contributed by atoms with van der Waals surface area (Å²) in [5, 5.41) is 3.50. The van der Waals surface area contributed by atoms with Gasteiger partial charge in [-0.2, -0.15) is 0 Å². The first-order valence-corrected chi connectivity index (χ1v) is 8.17. The standard InChI is InChI=1S/C18H28N2O3/c1-18(2,3)23-17(21)20-12-15(16(13-20)22-4)19-11-10-14-8-6-5-7-9-14/h5-9,15-16,19H,10-13H2,1-4H3/t15?,16-/m0/s1. The molecule has 0 radical (unpaired) electrons. The van der Waals surface area contributed by atoms with Crippen molar-refractivity contribution in [2.45, 2.75) is 44.9 Å². The van der Waals surface area contributed by atoms with Crippen LogP contribution in [-0.2, 0) is 15.9 Å². The summed E-state index contributed by atoms with van der Waals surface area (Å²) in [5.74, 6) is 0. The number of nitrogens with one attached hydrogen (secondary N) is 1. The van der Waals surface area contributed by atoms with Crippen LogP contribution < -0.4 is 5.32 Å². The predicted molar refractivity (Wildman–Crippen MR) is 90.5 cm³/mol. The molecule has 1 amide bonds. The van der Waals surface area contributed by atoms with Crippen molar-refractivity contribution in [1.29, 1.82) is 0 Å². The highest BCUT2D eigenvalue weighted by Gasteiger charge is 2.36. The van der Waals surface area contributed by atoms with Gasteiger partial charge >= 0.3 is 6.09 Å². The maximum absolute atomic E-state index is 12.2. The lowest BCUT2D eigenvalue weighted by atomic mass is 10.1. The Balaban J connectivity index is 1.83. The van der Waals surface area contributed by atoms with E-state index in [-0.39, 0.29) is 18.2 Å². The lowest BCUT2D eigenvalue weighted by molar-refractivity contribution is 0.0252. The van der Waals surface area contributed by atoms with Crippen LogP contribution in [0.1, 0.15) is 26.3 Å². The molecule has 2 rings (SSSR count). The van der Waals surface area contributed by atoms with E-state index in [0.29, 0.717) is 13.1 Å². The number of carbonyl (C=O) groups is 1. The Kier molecular flexibility index (Phi) is 6.02. The SMILES string of the molecule is CO[C@H]1CN(C(=O)OC(C)(C)C)CC1NCCc1ccccc1. The van der Waals surface area contributed by atoms with Crippen LogP contribution in [0.4, 0.5) is 4.79 Å². The summed E-state index contributed by atoms with van der Waals surface area (Å²) in [7, 11) is 1.69. The molecule has 1 aliphatic rings. The van der Waals surface area contributed by atoms with Crippen LogP contribution in [0.2, 0.25) is 0 Å². The molecular weight excluding hydrogens is 292 g/mol. The Hall–Kier alpha value is -1.59. The third-order valence-corrected chi connectivity index (χ3v) is 3.88. The van der Waals surface area contributed by atoms with Gasteiger partial charge in [0.25, 0.3) is 0 Å². The van der Waals surface area contributed by atoms with E-state index in [1.165, 1.54) is 5.56 Å². The molecule has 0 aromatic heterocycles. The van der Waals surface area contributed by atoms with Crippen LogP contribution in [0.5, 0.6) is 0 Å². The minimum atomic E-state index is -0.474. The van der Waals surface area contributed by atoms with Gasteiger partial charge in [-0.15, -0.1) is 0 Å². The summed E-state index contributed by atoms with van der Waals surface area (Å²) in [5.41, 5.74) is 0.828. The van der Waals surface area contributed by atoms with Gasteiger partial charge in [-0.1, -0.05) is 30.3 Å². The molecule has 23 heavy (non-hydrogen) atoms. The van der Waals surface area contributed by atoms with Gasteiger partial charge in [-0.3, -0.25) is 0 Å². The van der Waals surface area contributed by atoms with Gasteiger partial charge in [-0.05, 0) is 39.3 Å². The number of nitrogens with zero attached hydrogens (tertiary/aromatic N) is 1. The van der Waals surface area contributed by atoms with Crippen molar-refractivity contribution in [1.82, 2.24) is 10.2 Å². The van der Waals surface area contributed by atoms with Crippen LogP contribution >= 0.6 is 0 Å². The maximum atomic E-state index is 12.2. The molecule has 128 valence electrons. The van der Waals surface area contributed by atoms with Gasteiger partial charge in [0.15, 0.2) is 0 Å². The van der Waals surface area contributed by atoms with Crippen molar-refractivity contribution in [3.05, 3.63) is 35.9 Å². The van der Waals surface area contributed by atoms with E-state index in [1.807, 2.05) is 39.0 Å². The monoisotopic (exact) mass is 320 g/mol. The van der Waals surface area contributed by atoms with Gasteiger partial charge < -0.3 is 19.7 Å². The van der Waals surface area contributed by atoms with Gasteiger partial charge in [0.2, 0.25) is 0 Å². The van der Waals surface area contributed by atoms with Crippen LogP contribution in [0.15, 0.2) is 30.3 Å². The number of methoxy groups -OCH3 is 1. The van der Waals surface area contributed by atoms with Crippen molar-refractivity contribution in [2.75, 3.05) is 26.7 Å². The summed E-state index contributed by atoms with van der Waals surface area (Å²) >= 11 is 0. The fraction of sp³-hybridized carbons (Fsp3) is 0.611. The molecule has 1 saturated heterocycles. The highest BCUT2D eigenvalue weighted by Crippen LogP contribution is 2.17. The molecule has 1 unspecified atom stereocenters. The Morgan fingerprint density at radius 3 is 2.57 bits per heavy atom. The number of benzene rings is 1. The van der Waals surface area contributed by atoms with Crippen molar-refractivity contribution in [3.8, 4) is 0 Å². The average molecular weight is 320 g/mol. The summed E-state index contributed by atoms with van der Waals surface area (Å²) in [6.07, 6.45) is 0.686. The molecule has 1 aromatic rings. The second-order valence-corrected chi connectivity index (χ2v) is 6.96. The van der Waals surface area contributed by atoms with E-state index in [2.05, 4.69) is 17.4 Å². The van der Waals surface area contributed by atoms with Crippen LogP contribution in [0.25, 0.3) is 0 Å². The molecule has 0 saturated carbocycles. The topological polar surface area (TPSA) is 50.8 Å². The molecule has 1 heterocycles. The van der Waals surface area contributed by atoms with Crippen molar-refractivity contribution < 1.29 is 14.3 Å². The van der Waals surface area contributed by atoms with Gasteiger partial charge in [-0.25, -0.2) is 4.79 Å². The number of amides is 1. The lowest BCUT2D eigenvalue weighted by Crippen LogP contribution is -2.41. The number of hydrogen-bond donors (Lipinski definition) is 1. The number of ether oxygens (including phenoxy) is 2. The highest BCUT2D eigenvalue weighted by atomic mass is 16.6. The number of carbonyl (C=O) groups excluding carboxylic acids is 1. The van der Waals surface area contributed by atoms with E-state index in [1.54, 1.807) is 12.0 Å². The molecule has 0 bridgehead atoms. The maximum Gasteiger partial charge on any atom is 0.410 e. The van der Waals surface area contributed by atoms with Crippen molar-refractivity contribution in [2.24, 2.45) is 0 Å². The largest absolute Gasteiger partial charge is 0.444 e. The van der Waals surface area contributed by atoms with Gasteiger partial charge in [0.05, 0.1) is 18.7 Å². The molecular formula is C18H28N2O3. The zero-order valence-electron chi connectivity index (χ0n) is 14.5. The van der Waals surface area contributed by atoms with E-state index in [9.17, 15) is 4.79 Å². The molecule has 2 atom stereocenters. The first-order chi connectivity index (χ1) is 10.9. The Labute approximate surface area is 139 Å². The molecule has 1 fully saturated rings. The Morgan fingerprint density at radius 1 is 1.26 bits per heavy atom. The van der Waals surface area contributed by atoms with E-state index < -0.39 is 5.60 Å². The lowest BCUT2D eigenvalue weighted by Gasteiger charge is -2.24. The fourth-order valence-electron chi connectivity index (χ4n) is 2.73. The molecule has 1 aliphatic heterocycles. The first-order valence-electron chi connectivity index (χ1n) is 8.17. The smallest absolute Gasteiger partial charge is 0.410 e. The number of hydrogen-bond acceptors (Lipinski definition) is 4. The summed E-state index contributed by atoms with van der Waals surface area (Å²) in [4.78, 5) is 13.9. The second kappa shape index (κ2) is 7.79. The highest BCUT2D eigenvalue weighted by molar-refractivity contribution is 5.68. The fourth-order valence-corrected chi connectivity index (χ4v) is 2.73. The number of likely N-dealkylation sites (tertiary alicyclic amines) is 1. The zero-order chi connectivity index (χ0) is 16.9. The van der Waals surface area contributed by atoms with Crippen LogP contribution in [0.3, 0.4) is 0 Å². The first kappa shape index (κ1) is 17.8. The van der Waals surface area contributed by atoms with E-state index >= 15 is 0 Å². The third-order valence-electron chi connectivity index (χ3n) is 3.88. The van der Waals surface area contributed by atoms with Gasteiger partial charge in [0, 0.05) is 13.7 Å². The third kappa shape index (κ3) is 5.52. The van der Waals surface area contributed by atoms with Crippen LogP contribution in [0, 0.1) is 0 Å². The predicted octanol–water partition coefficient (Wildman–Crippen LogP) is 2.45. The molecule has 5 nitrogen and oxygen atoms in total. The van der Waals surface area contributed by atoms with Gasteiger partial charge in [0.1, 0.15) is 5.60 Å². The molecule has 5 heteroatoms. The normalized spacial score (nSPS) is 21.5. The molecule has 0 spiro atoms. The summed E-state index contributed by atoms with van der Waals surface area (Å²) in [6, 6.07) is 10.5. The number of rotatable bonds is 5. The molecule has 1 N–H and O–H groups in total. The minimum Gasteiger partial charge on any atom is -0.444 e. The summed E-state index contributed by atoms with van der Waals surface area (Å²) in [6.45, 7) is 7.67. The quantitative estimate of drug-likeness (QED) is 0.905. The minimum absolute atomic E-state index is 0.00158. The Bertz CT molecular complexity index is 499. The van der Waals surface area contributed by atoms with Crippen molar-refractivity contribution >= 4 is 6.09 Å². The zero-order valence-corrected chi connectivity index (χ0v) is 14.5. The van der Waals surface area contributed by atoms with E-state index in [0.717, 1.165) is 13.0 Å². The Morgan fingerprint density at radius 2 is 1.96 bits per heavy atom. The second-order valence-electron chi connectivity index (χ2n) is 6.96. The van der Waals surface area contributed by atoms with Crippen LogP contribution in [-0.4, -0.2) is 55.5 Å². The van der Waals surface area contributed by atoms with Crippen molar-refractivity contribution in [3.63, 3.8) is 0 Å². The molecule has 1 aromatic carbocycles. The summed E-state index contributed by atoms with van der Waals surface area (Å²) < 4.78 is 11.0. The van der Waals surface area contributed by atoms with E-state index in [4.69, 9.17) is 9.47 Å².